The number of nitrogens with zero attached hydrogens (tertiary/aromatic N) is 2. The Balaban J connectivity index is 1.48. The number of likely N-dealkylation sites (N-methyl/N-ethyl adjacent to an activating group) is 1. The van der Waals surface area contributed by atoms with Gasteiger partial charge in [-0.3, -0.25) is 4.79 Å². The van der Waals surface area contributed by atoms with E-state index in [9.17, 15) is 4.79 Å². The summed E-state index contributed by atoms with van der Waals surface area (Å²) in [6, 6.07) is 17.5. The Kier molecular flexibility index (Phi) is 4.91. The molecule has 1 aromatic heterocycles. The van der Waals surface area contributed by atoms with E-state index in [4.69, 9.17) is 4.42 Å². The Morgan fingerprint density at radius 3 is 2.71 bits per heavy atom. The van der Waals surface area contributed by atoms with E-state index in [1.807, 2.05) is 61.6 Å². The van der Waals surface area contributed by atoms with Crippen LogP contribution in [0.5, 0.6) is 0 Å². The number of benzene rings is 2. The highest BCUT2D eigenvalue weighted by molar-refractivity contribution is 5.91. The van der Waals surface area contributed by atoms with Gasteiger partial charge in [0.05, 0.1) is 0 Å². The van der Waals surface area contributed by atoms with Gasteiger partial charge in [-0.15, -0.1) is 0 Å². The lowest BCUT2D eigenvalue weighted by Gasteiger charge is -2.19. The van der Waals surface area contributed by atoms with Gasteiger partial charge in [0.2, 0.25) is 11.8 Å². The Morgan fingerprint density at radius 1 is 1.17 bits per heavy atom. The van der Waals surface area contributed by atoms with Crippen molar-refractivity contribution in [3.8, 4) is 0 Å². The second kappa shape index (κ2) is 7.46. The van der Waals surface area contributed by atoms with Crippen LogP contribution in [0.1, 0.15) is 5.89 Å². The molecule has 5 nitrogen and oxygen atoms in total. The number of hydrogen-bond donors (Lipinski definition) is 1. The lowest BCUT2D eigenvalue weighted by molar-refractivity contribution is -0.116. The molecule has 0 fully saturated rings. The minimum atomic E-state index is -0.168. The molecule has 0 spiro atoms. The molecule has 0 aliphatic rings. The molecule has 1 amide bonds. The molecule has 24 heavy (non-hydrogen) atoms. The summed E-state index contributed by atoms with van der Waals surface area (Å²) in [5.74, 6) is 0.256. The Hall–Kier alpha value is -3.08. The summed E-state index contributed by atoms with van der Waals surface area (Å²) < 4.78 is 5.53. The van der Waals surface area contributed by atoms with Crippen LogP contribution in [0.4, 0.5) is 5.69 Å². The van der Waals surface area contributed by atoms with Crippen molar-refractivity contribution in [3.63, 3.8) is 0 Å². The molecule has 3 rings (SSSR count). The van der Waals surface area contributed by atoms with Crippen molar-refractivity contribution in [1.82, 2.24) is 10.3 Å². The molecule has 2 aromatic carbocycles. The molecule has 5 heteroatoms. The predicted molar refractivity (Wildman–Crippen MR) is 95.8 cm³/mol. The molecule has 0 aliphatic heterocycles. The zero-order chi connectivity index (χ0) is 16.8. The molecular weight excluding hydrogens is 302 g/mol. The number of carbonyl (C=O) groups excluding carboxylic acids is 1. The summed E-state index contributed by atoms with van der Waals surface area (Å²) in [4.78, 5) is 18.2. The summed E-state index contributed by atoms with van der Waals surface area (Å²) in [5, 5.41) is 2.85. The third-order valence-electron chi connectivity index (χ3n) is 3.63. The fourth-order valence-electron chi connectivity index (χ4n) is 2.33. The van der Waals surface area contributed by atoms with Gasteiger partial charge in [0, 0.05) is 38.0 Å². The van der Waals surface area contributed by atoms with Crippen molar-refractivity contribution in [1.29, 1.82) is 0 Å². The van der Waals surface area contributed by atoms with E-state index < -0.39 is 0 Å². The number of anilines is 1. The lowest BCUT2D eigenvalue weighted by Crippen LogP contribution is -2.31. The van der Waals surface area contributed by atoms with Crippen LogP contribution in [-0.4, -0.2) is 31.0 Å². The van der Waals surface area contributed by atoms with Gasteiger partial charge in [-0.25, -0.2) is 4.98 Å². The van der Waals surface area contributed by atoms with Crippen LogP contribution in [-0.2, 0) is 4.79 Å². The van der Waals surface area contributed by atoms with Crippen molar-refractivity contribution in [2.75, 3.05) is 25.0 Å². The smallest absolute Gasteiger partial charge is 0.244 e. The Bertz CT molecular complexity index is 807. The Labute approximate surface area is 140 Å². The van der Waals surface area contributed by atoms with Gasteiger partial charge >= 0.3 is 0 Å². The first-order valence-corrected chi connectivity index (χ1v) is 7.80. The molecule has 0 atom stereocenters. The quantitative estimate of drug-likeness (QED) is 0.709. The van der Waals surface area contributed by atoms with E-state index in [0.29, 0.717) is 18.0 Å². The van der Waals surface area contributed by atoms with Gasteiger partial charge < -0.3 is 14.6 Å². The summed E-state index contributed by atoms with van der Waals surface area (Å²) in [5.41, 5.74) is 2.61. The van der Waals surface area contributed by atoms with Crippen LogP contribution in [0, 0.1) is 0 Å². The van der Waals surface area contributed by atoms with Crippen LogP contribution < -0.4 is 10.2 Å². The zero-order valence-corrected chi connectivity index (χ0v) is 13.5. The third kappa shape index (κ3) is 4.01. The molecule has 0 unspecified atom stereocenters. The van der Waals surface area contributed by atoms with Gasteiger partial charge in [0.1, 0.15) is 5.52 Å². The second-order valence-electron chi connectivity index (χ2n) is 5.40. The van der Waals surface area contributed by atoms with Gasteiger partial charge in [0.25, 0.3) is 0 Å². The largest absolute Gasteiger partial charge is 0.437 e. The molecule has 3 aromatic rings. The molecule has 1 heterocycles. The first-order chi connectivity index (χ1) is 11.7. The van der Waals surface area contributed by atoms with Crippen LogP contribution >= 0.6 is 0 Å². The fourth-order valence-corrected chi connectivity index (χ4v) is 2.33. The van der Waals surface area contributed by atoms with E-state index in [0.717, 1.165) is 17.7 Å². The topological polar surface area (TPSA) is 58.4 Å². The SMILES string of the molecule is CN(CCNC(=O)/C=C/c1nc2ccccc2o1)c1ccccc1. The fraction of sp³-hybridized carbons (Fsp3) is 0.158. The number of amides is 1. The highest BCUT2D eigenvalue weighted by Gasteiger charge is 2.03. The highest BCUT2D eigenvalue weighted by Crippen LogP contribution is 2.15. The molecular formula is C19H19N3O2. The van der Waals surface area contributed by atoms with E-state index in [-0.39, 0.29) is 5.91 Å². The number of carbonyl (C=O) groups is 1. The maximum Gasteiger partial charge on any atom is 0.244 e. The monoisotopic (exact) mass is 321 g/mol. The molecule has 0 radical (unpaired) electrons. The normalized spacial score (nSPS) is 11.0. The Morgan fingerprint density at radius 2 is 1.92 bits per heavy atom. The van der Waals surface area contributed by atoms with Crippen LogP contribution in [0.3, 0.4) is 0 Å². The number of para-hydroxylation sites is 3. The van der Waals surface area contributed by atoms with Crippen molar-refractivity contribution in [3.05, 3.63) is 66.6 Å². The van der Waals surface area contributed by atoms with E-state index >= 15 is 0 Å². The number of rotatable bonds is 6. The predicted octanol–water partition coefficient (Wildman–Crippen LogP) is 3.09. The van der Waals surface area contributed by atoms with Crippen molar-refractivity contribution in [2.45, 2.75) is 0 Å². The van der Waals surface area contributed by atoms with E-state index in [2.05, 4.69) is 15.2 Å². The molecule has 1 N–H and O–H groups in total. The standard InChI is InChI=1S/C19H19N3O2/c1-22(15-7-3-2-4-8-15)14-13-20-18(23)11-12-19-21-16-9-5-6-10-17(16)24-19/h2-12H,13-14H2,1H3,(H,20,23)/b12-11+. The van der Waals surface area contributed by atoms with Crippen molar-refractivity contribution in [2.24, 2.45) is 0 Å². The lowest BCUT2D eigenvalue weighted by atomic mass is 10.3. The van der Waals surface area contributed by atoms with Crippen LogP contribution in [0.15, 0.2) is 65.1 Å². The zero-order valence-electron chi connectivity index (χ0n) is 13.5. The minimum Gasteiger partial charge on any atom is -0.437 e. The van der Waals surface area contributed by atoms with Gasteiger partial charge in [0.15, 0.2) is 5.58 Å². The van der Waals surface area contributed by atoms with Crippen LogP contribution in [0.25, 0.3) is 17.2 Å². The molecule has 0 saturated heterocycles. The number of oxazole rings is 1. The van der Waals surface area contributed by atoms with Gasteiger partial charge in [-0.1, -0.05) is 30.3 Å². The van der Waals surface area contributed by atoms with E-state index in [1.165, 1.54) is 6.08 Å². The summed E-state index contributed by atoms with van der Waals surface area (Å²) in [7, 11) is 2.00. The molecule has 122 valence electrons. The average molecular weight is 321 g/mol. The number of aromatic nitrogens is 1. The van der Waals surface area contributed by atoms with Gasteiger partial charge in [-0.05, 0) is 24.3 Å². The second-order valence-corrected chi connectivity index (χ2v) is 5.40. The third-order valence-corrected chi connectivity index (χ3v) is 3.63. The summed E-state index contributed by atoms with van der Waals surface area (Å²) in [6.07, 6.45) is 3.02. The maximum atomic E-state index is 11.9. The average Bonchev–Trinajstić information content (AvgIpc) is 3.03. The first kappa shape index (κ1) is 15.8. The molecule has 0 aliphatic carbocycles. The molecule has 0 bridgehead atoms. The van der Waals surface area contributed by atoms with E-state index in [1.54, 1.807) is 6.08 Å². The highest BCUT2D eigenvalue weighted by atomic mass is 16.3. The van der Waals surface area contributed by atoms with Crippen molar-refractivity contribution < 1.29 is 9.21 Å². The van der Waals surface area contributed by atoms with Gasteiger partial charge in [-0.2, -0.15) is 0 Å². The maximum absolute atomic E-state index is 11.9. The number of nitrogens with one attached hydrogen (secondary N) is 1. The first-order valence-electron chi connectivity index (χ1n) is 7.80. The number of hydrogen-bond acceptors (Lipinski definition) is 4. The summed E-state index contributed by atoms with van der Waals surface area (Å²) >= 11 is 0. The van der Waals surface area contributed by atoms with Crippen LogP contribution in [0.2, 0.25) is 0 Å². The number of fused-ring (bicyclic) bond motifs is 1. The summed E-state index contributed by atoms with van der Waals surface area (Å²) in [6.45, 7) is 1.29. The van der Waals surface area contributed by atoms with Crippen molar-refractivity contribution >= 4 is 28.8 Å². The molecule has 0 saturated carbocycles. The minimum absolute atomic E-state index is 0.168.